The number of hydrogen-bond donors (Lipinski definition) is 1. The van der Waals surface area contributed by atoms with Gasteiger partial charge in [-0.3, -0.25) is 4.79 Å². The minimum Gasteiger partial charge on any atom is -0.356 e. The van der Waals surface area contributed by atoms with Crippen molar-refractivity contribution in [2.24, 2.45) is 0 Å². The molecule has 1 saturated heterocycles. The van der Waals surface area contributed by atoms with E-state index in [0.29, 0.717) is 18.1 Å². The Kier molecular flexibility index (Phi) is 5.19. The molecule has 1 aromatic heterocycles. The maximum atomic E-state index is 12.7. The lowest BCUT2D eigenvalue weighted by Gasteiger charge is -2.25. The molecule has 1 fully saturated rings. The summed E-state index contributed by atoms with van der Waals surface area (Å²) < 4.78 is 23.5. The number of benzene rings is 1. The Morgan fingerprint density at radius 2 is 1.96 bits per heavy atom. The van der Waals surface area contributed by atoms with Gasteiger partial charge in [-0.15, -0.1) is 0 Å². The number of carbonyl (C=O) groups excluding carboxylic acids is 1. The average Bonchev–Trinajstić information content (AvgIpc) is 2.97. The largest absolute Gasteiger partial charge is 0.356 e. The number of amides is 1. The van der Waals surface area contributed by atoms with E-state index in [0.717, 1.165) is 16.8 Å². The van der Waals surface area contributed by atoms with E-state index in [1.54, 1.807) is 20.0 Å². The van der Waals surface area contributed by atoms with Crippen LogP contribution in [0.25, 0.3) is 0 Å². The van der Waals surface area contributed by atoms with Gasteiger partial charge in [0.05, 0.1) is 11.5 Å². The van der Waals surface area contributed by atoms with Crippen molar-refractivity contribution in [2.75, 3.05) is 28.8 Å². The van der Waals surface area contributed by atoms with Crippen molar-refractivity contribution >= 4 is 27.2 Å². The molecule has 144 valence electrons. The van der Waals surface area contributed by atoms with Crippen molar-refractivity contribution < 1.29 is 13.2 Å². The molecular weight excluding hydrogens is 364 g/mol. The predicted octanol–water partition coefficient (Wildman–Crippen LogP) is 2.28. The first-order valence-corrected chi connectivity index (χ1v) is 10.6. The molecule has 1 aromatic carbocycles. The van der Waals surface area contributed by atoms with Crippen LogP contribution in [0.2, 0.25) is 0 Å². The van der Waals surface area contributed by atoms with E-state index in [4.69, 9.17) is 0 Å². The molecule has 1 aliphatic rings. The first-order valence-electron chi connectivity index (χ1n) is 8.83. The minimum absolute atomic E-state index is 0.108. The number of sulfone groups is 1. The van der Waals surface area contributed by atoms with Gasteiger partial charge in [0.15, 0.2) is 9.84 Å². The van der Waals surface area contributed by atoms with Gasteiger partial charge in [-0.25, -0.2) is 18.4 Å². The van der Waals surface area contributed by atoms with Crippen molar-refractivity contribution in [3.05, 3.63) is 46.9 Å². The number of anilines is 2. The van der Waals surface area contributed by atoms with Crippen LogP contribution < -0.4 is 10.2 Å². The zero-order valence-electron chi connectivity index (χ0n) is 16.0. The second kappa shape index (κ2) is 7.26. The lowest BCUT2D eigenvalue weighted by Crippen LogP contribution is -2.33. The summed E-state index contributed by atoms with van der Waals surface area (Å²) in [5, 5.41) is 2.90. The maximum absolute atomic E-state index is 12.7. The van der Waals surface area contributed by atoms with Crippen LogP contribution in [0, 0.1) is 20.8 Å². The van der Waals surface area contributed by atoms with Crippen LogP contribution in [0.3, 0.4) is 0 Å². The SMILES string of the molecule is Cc1nc(C(=O)Nc2cccc(C)c2C)cc(N(C)C2CCS(=O)(=O)C2)n1. The molecule has 1 atom stereocenters. The Morgan fingerprint density at radius 1 is 1.22 bits per heavy atom. The van der Waals surface area contributed by atoms with Crippen LogP contribution in [0.1, 0.15) is 33.9 Å². The van der Waals surface area contributed by atoms with E-state index >= 15 is 0 Å². The second-order valence-corrected chi connectivity index (χ2v) is 9.26. The highest BCUT2D eigenvalue weighted by Gasteiger charge is 2.31. The molecule has 1 amide bonds. The third kappa shape index (κ3) is 4.27. The van der Waals surface area contributed by atoms with Crippen molar-refractivity contribution in [3.8, 4) is 0 Å². The molecule has 0 saturated carbocycles. The van der Waals surface area contributed by atoms with Gasteiger partial charge in [0.1, 0.15) is 17.3 Å². The summed E-state index contributed by atoms with van der Waals surface area (Å²) >= 11 is 0. The Hall–Kier alpha value is -2.48. The van der Waals surface area contributed by atoms with Gasteiger partial charge in [-0.2, -0.15) is 0 Å². The summed E-state index contributed by atoms with van der Waals surface area (Å²) in [4.78, 5) is 23.2. The molecule has 1 N–H and O–H groups in total. The molecular formula is C19H24N4O3S. The van der Waals surface area contributed by atoms with Crippen LogP contribution in [0.5, 0.6) is 0 Å². The smallest absolute Gasteiger partial charge is 0.274 e. The minimum atomic E-state index is -3.00. The Bertz CT molecular complexity index is 988. The Morgan fingerprint density at radius 3 is 2.63 bits per heavy atom. The third-order valence-electron chi connectivity index (χ3n) is 5.03. The molecule has 0 radical (unpaired) electrons. The Labute approximate surface area is 159 Å². The molecule has 2 heterocycles. The van der Waals surface area contributed by atoms with Gasteiger partial charge < -0.3 is 10.2 Å². The van der Waals surface area contributed by atoms with E-state index in [9.17, 15) is 13.2 Å². The van der Waals surface area contributed by atoms with Gasteiger partial charge in [0.2, 0.25) is 0 Å². The van der Waals surface area contributed by atoms with Crippen LogP contribution in [0.4, 0.5) is 11.5 Å². The summed E-state index contributed by atoms with van der Waals surface area (Å²) in [7, 11) is -1.19. The number of nitrogens with zero attached hydrogens (tertiary/aromatic N) is 3. The van der Waals surface area contributed by atoms with E-state index in [-0.39, 0.29) is 29.1 Å². The second-order valence-electron chi connectivity index (χ2n) is 7.03. The van der Waals surface area contributed by atoms with Gasteiger partial charge in [-0.05, 0) is 44.4 Å². The van der Waals surface area contributed by atoms with Crippen molar-refractivity contribution in [1.29, 1.82) is 0 Å². The quantitative estimate of drug-likeness (QED) is 0.864. The molecule has 8 heteroatoms. The molecule has 1 aliphatic heterocycles. The van der Waals surface area contributed by atoms with Crippen molar-refractivity contribution in [1.82, 2.24) is 9.97 Å². The van der Waals surface area contributed by atoms with Crippen LogP contribution in [-0.2, 0) is 9.84 Å². The van der Waals surface area contributed by atoms with Crippen LogP contribution in [-0.4, -0.2) is 48.9 Å². The molecule has 3 rings (SSSR count). The molecule has 0 bridgehead atoms. The highest BCUT2D eigenvalue weighted by molar-refractivity contribution is 7.91. The number of carbonyl (C=O) groups is 1. The lowest BCUT2D eigenvalue weighted by molar-refractivity contribution is 0.102. The number of aromatic nitrogens is 2. The zero-order valence-corrected chi connectivity index (χ0v) is 16.8. The molecule has 1 unspecified atom stereocenters. The standard InChI is InChI=1S/C19H24N4O3S/c1-12-6-5-7-16(13(12)2)22-19(24)17-10-18(21-14(3)20-17)23(4)15-8-9-27(25,26)11-15/h5-7,10,15H,8-9,11H2,1-4H3,(H,22,24). The van der Waals surface area contributed by atoms with Gasteiger partial charge in [0, 0.05) is 24.8 Å². The zero-order chi connectivity index (χ0) is 19.8. The number of nitrogens with one attached hydrogen (secondary N) is 1. The van der Waals surface area contributed by atoms with E-state index in [1.165, 1.54) is 0 Å². The summed E-state index contributed by atoms with van der Waals surface area (Å²) in [6.07, 6.45) is 0.561. The van der Waals surface area contributed by atoms with Gasteiger partial charge in [0.25, 0.3) is 5.91 Å². The normalized spacial score (nSPS) is 18.3. The number of aryl methyl sites for hydroxylation is 2. The molecule has 27 heavy (non-hydrogen) atoms. The first-order chi connectivity index (χ1) is 12.7. The van der Waals surface area contributed by atoms with Crippen LogP contribution >= 0.6 is 0 Å². The highest BCUT2D eigenvalue weighted by atomic mass is 32.2. The van der Waals surface area contributed by atoms with E-state index in [1.807, 2.05) is 36.9 Å². The number of rotatable bonds is 4. The third-order valence-corrected chi connectivity index (χ3v) is 6.78. The Balaban J connectivity index is 1.84. The van der Waals surface area contributed by atoms with Gasteiger partial charge >= 0.3 is 0 Å². The topological polar surface area (TPSA) is 92.3 Å². The monoisotopic (exact) mass is 388 g/mol. The predicted molar refractivity (Wildman–Crippen MR) is 106 cm³/mol. The highest BCUT2D eigenvalue weighted by Crippen LogP contribution is 2.23. The van der Waals surface area contributed by atoms with Crippen molar-refractivity contribution in [2.45, 2.75) is 33.2 Å². The van der Waals surface area contributed by atoms with Gasteiger partial charge in [-0.1, -0.05) is 12.1 Å². The van der Waals surface area contributed by atoms with Crippen LogP contribution in [0.15, 0.2) is 24.3 Å². The summed E-state index contributed by atoms with van der Waals surface area (Å²) in [5.41, 5.74) is 3.10. The summed E-state index contributed by atoms with van der Waals surface area (Å²) in [6, 6.07) is 7.20. The molecule has 0 aliphatic carbocycles. The first kappa shape index (κ1) is 19.3. The fourth-order valence-corrected chi connectivity index (χ4v) is 4.96. The molecule has 2 aromatic rings. The lowest BCUT2D eigenvalue weighted by atomic mass is 10.1. The molecule has 7 nitrogen and oxygen atoms in total. The molecule has 0 spiro atoms. The van der Waals surface area contributed by atoms with E-state index in [2.05, 4.69) is 15.3 Å². The van der Waals surface area contributed by atoms with E-state index < -0.39 is 9.84 Å². The number of hydrogen-bond acceptors (Lipinski definition) is 6. The van der Waals surface area contributed by atoms with Crippen molar-refractivity contribution in [3.63, 3.8) is 0 Å². The summed E-state index contributed by atoms with van der Waals surface area (Å²) in [6.45, 7) is 5.66. The summed E-state index contributed by atoms with van der Waals surface area (Å²) in [5.74, 6) is 0.993. The fraction of sp³-hybridized carbons (Fsp3) is 0.421. The maximum Gasteiger partial charge on any atom is 0.274 e. The fourth-order valence-electron chi connectivity index (χ4n) is 3.19. The average molecular weight is 388 g/mol.